The van der Waals surface area contributed by atoms with E-state index in [4.69, 9.17) is 4.99 Å². The number of nitrogens with zero attached hydrogens (tertiary/aromatic N) is 1. The van der Waals surface area contributed by atoms with Crippen molar-refractivity contribution in [1.29, 1.82) is 0 Å². The van der Waals surface area contributed by atoms with E-state index in [9.17, 15) is 0 Å². The van der Waals surface area contributed by atoms with Gasteiger partial charge < -0.3 is 5.32 Å². The molecule has 0 spiro atoms. The average Bonchev–Trinajstić information content (AvgIpc) is 3.08. The summed E-state index contributed by atoms with van der Waals surface area (Å²) in [6.45, 7) is 3.35. The summed E-state index contributed by atoms with van der Waals surface area (Å²) in [5.41, 5.74) is 0.663. The number of thioether (sulfide) groups is 1. The first-order chi connectivity index (χ1) is 7.28. The molecule has 1 saturated heterocycles. The minimum absolute atomic E-state index is 0.626. The number of rotatable bonds is 3. The van der Waals surface area contributed by atoms with Crippen molar-refractivity contribution in [3.8, 4) is 0 Å². The number of amidine groups is 1. The van der Waals surface area contributed by atoms with Crippen molar-refractivity contribution >= 4 is 16.9 Å². The minimum Gasteiger partial charge on any atom is -0.362 e. The first-order valence-electron chi connectivity index (χ1n) is 6.22. The summed E-state index contributed by atoms with van der Waals surface area (Å²) in [6, 6.07) is 0.626. The van der Waals surface area contributed by atoms with E-state index in [1.165, 1.54) is 43.0 Å². The molecule has 2 aliphatic carbocycles. The zero-order valence-corrected chi connectivity index (χ0v) is 10.3. The Morgan fingerprint density at radius 1 is 1.40 bits per heavy atom. The van der Waals surface area contributed by atoms with Gasteiger partial charge in [-0.3, -0.25) is 4.99 Å². The molecule has 0 bridgehead atoms. The lowest BCUT2D eigenvalue weighted by molar-refractivity contribution is 0.453. The Balaban J connectivity index is 1.57. The van der Waals surface area contributed by atoms with Gasteiger partial charge in [-0.15, -0.1) is 0 Å². The number of hydrogen-bond acceptors (Lipinski definition) is 2. The predicted molar refractivity (Wildman–Crippen MR) is 66.4 cm³/mol. The molecule has 1 atom stereocenters. The van der Waals surface area contributed by atoms with Gasteiger partial charge in [-0.05, 0) is 50.4 Å². The molecule has 0 radical (unpaired) electrons. The molecule has 3 fully saturated rings. The fourth-order valence-electron chi connectivity index (χ4n) is 2.53. The molecule has 0 aromatic heterocycles. The first-order valence-corrected chi connectivity index (χ1v) is 7.21. The number of nitrogens with one attached hydrogen (secondary N) is 1. The quantitative estimate of drug-likeness (QED) is 0.797. The summed E-state index contributed by atoms with van der Waals surface area (Å²) in [5, 5.41) is 4.70. The second-order valence-corrected chi connectivity index (χ2v) is 6.52. The normalized spacial score (nSPS) is 36.3. The number of hydrogen-bond donors (Lipinski definition) is 1. The van der Waals surface area contributed by atoms with Crippen LogP contribution >= 0.6 is 11.8 Å². The highest BCUT2D eigenvalue weighted by Crippen LogP contribution is 2.61. The second kappa shape index (κ2) is 3.69. The van der Waals surface area contributed by atoms with Gasteiger partial charge >= 0.3 is 0 Å². The van der Waals surface area contributed by atoms with Crippen LogP contribution in [0, 0.1) is 11.3 Å². The van der Waals surface area contributed by atoms with Crippen LogP contribution in [0.5, 0.6) is 0 Å². The molecule has 3 rings (SSSR count). The highest BCUT2D eigenvalue weighted by molar-refractivity contribution is 8.13. The summed E-state index contributed by atoms with van der Waals surface area (Å²) in [7, 11) is 0. The SMILES string of the molecule is CC1CCSC(=NCC2(C3CC3)CC2)N1. The van der Waals surface area contributed by atoms with E-state index in [2.05, 4.69) is 12.2 Å². The van der Waals surface area contributed by atoms with Gasteiger partial charge in [-0.25, -0.2) is 0 Å². The van der Waals surface area contributed by atoms with E-state index in [0.717, 1.165) is 12.5 Å². The highest BCUT2D eigenvalue weighted by Gasteiger charge is 2.53. The predicted octanol–water partition coefficient (Wildman–Crippen LogP) is 2.65. The summed E-state index contributed by atoms with van der Waals surface area (Å²) < 4.78 is 0. The van der Waals surface area contributed by atoms with Crippen molar-refractivity contribution in [2.45, 2.75) is 45.1 Å². The fraction of sp³-hybridized carbons (Fsp3) is 0.917. The smallest absolute Gasteiger partial charge is 0.156 e. The summed E-state index contributed by atoms with van der Waals surface area (Å²) in [5.74, 6) is 2.27. The van der Waals surface area contributed by atoms with Crippen LogP contribution in [0.3, 0.4) is 0 Å². The van der Waals surface area contributed by atoms with Crippen molar-refractivity contribution < 1.29 is 0 Å². The Kier molecular flexibility index (Phi) is 2.46. The highest BCUT2D eigenvalue weighted by atomic mass is 32.2. The van der Waals surface area contributed by atoms with Gasteiger partial charge in [0.05, 0.1) is 0 Å². The zero-order chi connectivity index (χ0) is 10.3. The molecule has 0 amide bonds. The van der Waals surface area contributed by atoms with Gasteiger partial charge in [-0.1, -0.05) is 11.8 Å². The lowest BCUT2D eigenvalue weighted by Crippen LogP contribution is -2.35. The van der Waals surface area contributed by atoms with Crippen LogP contribution in [0.15, 0.2) is 4.99 Å². The van der Waals surface area contributed by atoms with Gasteiger partial charge in [0, 0.05) is 18.3 Å². The van der Waals surface area contributed by atoms with Crippen molar-refractivity contribution in [2.24, 2.45) is 16.3 Å². The van der Waals surface area contributed by atoms with Crippen LogP contribution in [0.2, 0.25) is 0 Å². The molecule has 1 unspecified atom stereocenters. The molecule has 0 aromatic carbocycles. The van der Waals surface area contributed by atoms with Gasteiger partial charge in [-0.2, -0.15) is 0 Å². The molecule has 15 heavy (non-hydrogen) atoms. The van der Waals surface area contributed by atoms with E-state index in [1.54, 1.807) is 0 Å². The summed E-state index contributed by atoms with van der Waals surface area (Å²) in [4.78, 5) is 4.80. The van der Waals surface area contributed by atoms with Gasteiger partial charge in [0.1, 0.15) is 0 Å². The fourth-order valence-corrected chi connectivity index (χ4v) is 3.63. The maximum absolute atomic E-state index is 4.80. The Morgan fingerprint density at radius 2 is 2.20 bits per heavy atom. The third-order valence-electron chi connectivity index (χ3n) is 4.03. The Bertz CT molecular complexity index is 279. The molecule has 3 heteroatoms. The van der Waals surface area contributed by atoms with Crippen LogP contribution < -0.4 is 5.32 Å². The Labute approximate surface area is 96.3 Å². The lowest BCUT2D eigenvalue weighted by Gasteiger charge is -2.22. The van der Waals surface area contributed by atoms with Crippen LogP contribution in [0.25, 0.3) is 0 Å². The summed E-state index contributed by atoms with van der Waals surface area (Å²) >= 11 is 1.91. The van der Waals surface area contributed by atoms with E-state index < -0.39 is 0 Å². The third-order valence-corrected chi connectivity index (χ3v) is 4.99. The largest absolute Gasteiger partial charge is 0.362 e. The molecule has 0 aromatic rings. The van der Waals surface area contributed by atoms with Gasteiger partial charge in [0.25, 0.3) is 0 Å². The minimum atomic E-state index is 0.626. The monoisotopic (exact) mass is 224 g/mol. The van der Waals surface area contributed by atoms with Crippen LogP contribution in [-0.4, -0.2) is 23.5 Å². The van der Waals surface area contributed by atoms with Gasteiger partial charge in [0.15, 0.2) is 5.17 Å². The molecule has 1 N–H and O–H groups in total. The molecule has 1 heterocycles. The Hall–Kier alpha value is -0.180. The van der Waals surface area contributed by atoms with Gasteiger partial charge in [0.2, 0.25) is 0 Å². The molecular formula is C12H20N2S. The van der Waals surface area contributed by atoms with Crippen molar-refractivity contribution in [3.05, 3.63) is 0 Å². The van der Waals surface area contributed by atoms with Crippen molar-refractivity contribution in [1.82, 2.24) is 5.32 Å². The maximum atomic E-state index is 4.80. The van der Waals surface area contributed by atoms with E-state index in [0.29, 0.717) is 11.5 Å². The first kappa shape index (κ1) is 10.0. The Morgan fingerprint density at radius 3 is 2.80 bits per heavy atom. The van der Waals surface area contributed by atoms with Crippen LogP contribution in [0.4, 0.5) is 0 Å². The van der Waals surface area contributed by atoms with E-state index >= 15 is 0 Å². The van der Waals surface area contributed by atoms with Crippen molar-refractivity contribution in [2.75, 3.05) is 12.3 Å². The van der Waals surface area contributed by atoms with E-state index in [-0.39, 0.29) is 0 Å². The average molecular weight is 224 g/mol. The third kappa shape index (κ3) is 2.17. The summed E-state index contributed by atoms with van der Waals surface area (Å²) in [6.07, 6.45) is 7.10. The molecular weight excluding hydrogens is 204 g/mol. The topological polar surface area (TPSA) is 24.4 Å². The lowest BCUT2D eigenvalue weighted by atomic mass is 10.0. The molecule has 1 aliphatic heterocycles. The number of aliphatic imine (C=N–C) groups is 1. The molecule has 84 valence electrons. The molecule has 2 saturated carbocycles. The molecule has 3 aliphatic rings. The van der Waals surface area contributed by atoms with Crippen molar-refractivity contribution in [3.63, 3.8) is 0 Å². The van der Waals surface area contributed by atoms with Crippen LogP contribution in [0.1, 0.15) is 39.0 Å². The standard InChI is InChI=1S/C12H20N2S/c1-9-4-7-15-11(14-9)13-8-12(5-6-12)10-2-3-10/h9-10H,2-8H2,1H3,(H,13,14). The van der Waals surface area contributed by atoms with Crippen LogP contribution in [-0.2, 0) is 0 Å². The maximum Gasteiger partial charge on any atom is 0.156 e. The molecule has 2 nitrogen and oxygen atoms in total. The zero-order valence-electron chi connectivity index (χ0n) is 9.46. The second-order valence-electron chi connectivity index (χ2n) is 5.44. The van der Waals surface area contributed by atoms with E-state index in [1.807, 2.05) is 11.8 Å².